The number of carbonyl (C=O) groups is 2. The lowest BCUT2D eigenvalue weighted by molar-refractivity contribution is -0.126. The fourth-order valence-electron chi connectivity index (χ4n) is 5.54. The third kappa shape index (κ3) is 5.73. The number of halogens is 4. The molecule has 14 heteroatoms. The number of nitrogens with one attached hydrogen (secondary N) is 2. The van der Waals surface area contributed by atoms with Crippen LogP contribution in [0.1, 0.15) is 39.9 Å². The van der Waals surface area contributed by atoms with Crippen LogP contribution < -0.4 is 22.3 Å². The van der Waals surface area contributed by atoms with E-state index in [1.807, 2.05) is 0 Å². The van der Waals surface area contributed by atoms with E-state index in [1.165, 1.54) is 18.2 Å². The molecule has 0 radical (unpaired) electrons. The second-order valence-corrected chi connectivity index (χ2v) is 11.6. The number of primary amides is 1. The minimum atomic E-state index is -1.06. The van der Waals surface area contributed by atoms with Gasteiger partial charge in [-0.2, -0.15) is 0 Å². The van der Waals surface area contributed by atoms with Gasteiger partial charge in [0, 0.05) is 46.7 Å². The van der Waals surface area contributed by atoms with Crippen LogP contribution in [0.25, 0.3) is 11.3 Å². The van der Waals surface area contributed by atoms with E-state index in [0.717, 1.165) is 0 Å². The summed E-state index contributed by atoms with van der Waals surface area (Å²) in [4.78, 5) is 40.3. The number of likely N-dealkylation sites (tertiary alicyclic amines) is 1. The number of benzene rings is 3. The number of aromatic nitrogens is 2. The van der Waals surface area contributed by atoms with Gasteiger partial charge >= 0.3 is 0 Å². The van der Waals surface area contributed by atoms with E-state index < -0.39 is 23.1 Å². The fraction of sp³-hybridized carbons (Fsp3) is 0.194. The summed E-state index contributed by atoms with van der Waals surface area (Å²) >= 11 is 12.8. The van der Waals surface area contributed by atoms with E-state index in [1.54, 1.807) is 47.5 Å². The normalized spacial score (nSPS) is 15.4. The van der Waals surface area contributed by atoms with Crippen molar-refractivity contribution in [3.05, 3.63) is 105 Å². The summed E-state index contributed by atoms with van der Waals surface area (Å²) in [5.74, 6) is 3.43. The van der Waals surface area contributed by atoms with E-state index >= 15 is 0 Å². The molecule has 0 unspecified atom stereocenters. The molecule has 6 rings (SSSR count). The van der Waals surface area contributed by atoms with Gasteiger partial charge in [-0.3, -0.25) is 20.4 Å². The first-order valence-corrected chi connectivity index (χ1v) is 14.6. The molecule has 0 aliphatic carbocycles. The molecule has 0 spiro atoms. The van der Waals surface area contributed by atoms with Crippen LogP contribution in [0.4, 0.5) is 20.4 Å². The molecule has 2 amide bonds. The minimum Gasteiger partial charge on any atom is -0.368 e. The van der Waals surface area contributed by atoms with Gasteiger partial charge in [-0.15, -0.1) is 0 Å². The molecule has 0 atom stereocenters. The van der Waals surface area contributed by atoms with Gasteiger partial charge in [0.1, 0.15) is 17.2 Å². The molecular weight excluding hydrogens is 625 g/mol. The highest BCUT2D eigenvalue weighted by Gasteiger charge is 2.40. The Morgan fingerprint density at radius 3 is 2.38 bits per heavy atom. The Bertz CT molecular complexity index is 1860. The molecule has 1 saturated heterocycles. The highest BCUT2D eigenvalue weighted by Crippen LogP contribution is 2.35. The molecular formula is C31H26Cl2F2N8O2. The quantitative estimate of drug-likeness (QED) is 0.174. The smallest absolute Gasteiger partial charge is 0.255 e. The molecule has 4 aromatic rings. The van der Waals surface area contributed by atoms with Crippen molar-refractivity contribution in [2.24, 2.45) is 16.6 Å². The second kappa shape index (κ2) is 12.1. The highest BCUT2D eigenvalue weighted by atomic mass is 35.5. The number of piperidine rings is 1. The molecule has 1 aromatic heterocycles. The van der Waals surface area contributed by atoms with Gasteiger partial charge in [-0.1, -0.05) is 35.3 Å². The van der Waals surface area contributed by atoms with E-state index in [2.05, 4.69) is 20.7 Å². The first-order valence-electron chi connectivity index (χ1n) is 13.9. The van der Waals surface area contributed by atoms with Crippen LogP contribution in [-0.2, 0) is 11.3 Å². The zero-order valence-corrected chi connectivity index (χ0v) is 25.1. The third-order valence-electron chi connectivity index (χ3n) is 8.07. The topological polar surface area (TPSA) is 152 Å². The molecule has 45 heavy (non-hydrogen) atoms. The van der Waals surface area contributed by atoms with E-state index in [4.69, 9.17) is 39.8 Å². The summed E-state index contributed by atoms with van der Waals surface area (Å²) in [5, 5.41) is 3.68. The second-order valence-electron chi connectivity index (χ2n) is 10.7. The Hall–Kier alpha value is -4.49. The Morgan fingerprint density at radius 2 is 1.71 bits per heavy atom. The van der Waals surface area contributed by atoms with Gasteiger partial charge in [-0.25, -0.2) is 24.2 Å². The van der Waals surface area contributed by atoms with Crippen LogP contribution in [0.5, 0.6) is 0 Å². The summed E-state index contributed by atoms with van der Waals surface area (Å²) in [6.45, 7) is 0.617. The van der Waals surface area contributed by atoms with Gasteiger partial charge in [0.05, 0.1) is 34.1 Å². The van der Waals surface area contributed by atoms with Gasteiger partial charge in [0.25, 0.3) is 5.91 Å². The zero-order chi connectivity index (χ0) is 31.9. The van der Waals surface area contributed by atoms with Gasteiger partial charge < -0.3 is 16.0 Å². The average molecular weight is 652 g/mol. The van der Waals surface area contributed by atoms with Crippen molar-refractivity contribution in [1.82, 2.24) is 20.3 Å². The predicted octanol–water partition coefficient (Wildman–Crippen LogP) is 4.75. The molecule has 3 aromatic carbocycles. The molecule has 10 nitrogen and oxygen atoms in total. The third-order valence-corrected chi connectivity index (χ3v) is 8.62. The Balaban J connectivity index is 1.26. The maximum Gasteiger partial charge on any atom is 0.255 e. The lowest BCUT2D eigenvalue weighted by Gasteiger charge is -2.39. The van der Waals surface area contributed by atoms with Crippen LogP contribution >= 0.6 is 23.2 Å². The van der Waals surface area contributed by atoms with Crippen molar-refractivity contribution >= 4 is 52.4 Å². The average Bonchev–Trinajstić information content (AvgIpc) is 3.17. The molecule has 1 fully saturated rings. The monoisotopic (exact) mass is 650 g/mol. The van der Waals surface area contributed by atoms with Crippen molar-refractivity contribution in [3.8, 4) is 11.3 Å². The van der Waals surface area contributed by atoms with Crippen molar-refractivity contribution in [3.63, 3.8) is 0 Å². The number of anilines is 2. The van der Waals surface area contributed by atoms with Crippen LogP contribution in [0, 0.1) is 11.6 Å². The summed E-state index contributed by atoms with van der Waals surface area (Å²) in [6, 6.07) is 13.5. The fourth-order valence-corrected chi connectivity index (χ4v) is 5.97. The number of hydrogen-bond acceptors (Lipinski definition) is 8. The zero-order valence-electron chi connectivity index (χ0n) is 23.6. The summed E-state index contributed by atoms with van der Waals surface area (Å²) in [6.07, 6.45) is 2.13. The Kier molecular flexibility index (Phi) is 8.23. The molecule has 3 heterocycles. The number of nitrogens with zero attached hydrogens (tertiary/aromatic N) is 4. The SMILES string of the molecule is NNC1(C(N)=O)CCN(C(=O)c2ccc(Nc3ncc4c(n3)-c3ccc(Cl)cc3C(c3c(F)cccc3F)=NC4)cc2Cl)CC1. The maximum atomic E-state index is 14.8. The number of aliphatic imine (C=N–C) groups is 1. The molecule has 2 aliphatic rings. The first-order chi connectivity index (χ1) is 21.6. The number of amides is 2. The summed E-state index contributed by atoms with van der Waals surface area (Å²) < 4.78 is 29.7. The van der Waals surface area contributed by atoms with Crippen LogP contribution in [-0.4, -0.2) is 51.0 Å². The summed E-state index contributed by atoms with van der Waals surface area (Å²) in [7, 11) is 0. The van der Waals surface area contributed by atoms with Crippen LogP contribution in [0.15, 0.2) is 65.8 Å². The van der Waals surface area contributed by atoms with E-state index in [-0.39, 0.29) is 66.2 Å². The van der Waals surface area contributed by atoms with Crippen molar-refractivity contribution in [2.75, 3.05) is 18.4 Å². The molecule has 0 bridgehead atoms. The number of fused-ring (bicyclic) bond motifs is 3. The number of nitrogens with two attached hydrogens (primary N) is 2. The van der Waals surface area contributed by atoms with Crippen LogP contribution in [0.2, 0.25) is 10.0 Å². The lowest BCUT2D eigenvalue weighted by Crippen LogP contribution is -2.63. The largest absolute Gasteiger partial charge is 0.368 e. The van der Waals surface area contributed by atoms with Gasteiger partial charge in [-0.05, 0) is 55.3 Å². The predicted molar refractivity (Wildman–Crippen MR) is 167 cm³/mol. The number of rotatable bonds is 6. The lowest BCUT2D eigenvalue weighted by atomic mass is 9.87. The van der Waals surface area contributed by atoms with Crippen molar-refractivity contribution in [1.29, 1.82) is 0 Å². The summed E-state index contributed by atoms with van der Waals surface area (Å²) in [5.41, 5.74) is 9.77. The first kappa shape index (κ1) is 30.5. The maximum absolute atomic E-state index is 14.8. The molecule has 6 N–H and O–H groups in total. The van der Waals surface area contributed by atoms with Gasteiger partial charge in [0.2, 0.25) is 11.9 Å². The van der Waals surface area contributed by atoms with Gasteiger partial charge in [0.15, 0.2) is 0 Å². The molecule has 2 aliphatic heterocycles. The Morgan fingerprint density at radius 1 is 0.978 bits per heavy atom. The van der Waals surface area contributed by atoms with Crippen molar-refractivity contribution < 1.29 is 18.4 Å². The molecule has 0 saturated carbocycles. The number of hydrazine groups is 1. The molecule has 230 valence electrons. The van der Waals surface area contributed by atoms with E-state index in [0.29, 0.717) is 33.1 Å². The standard InChI is InChI=1S/C31H26Cl2F2N8O2/c32-17-4-6-19-21(12-17)27(25-23(34)2-1-3-24(25)35)38-14-16-15-39-30(41-26(16)19)40-18-5-7-20(22(33)13-18)28(44)43-10-8-31(42-37,9-11-43)29(36)45/h1-7,12-13,15,42H,8-11,14,37H2,(H2,36,45)(H,39,40,41). The van der Waals surface area contributed by atoms with E-state index in [9.17, 15) is 18.4 Å². The number of hydrogen-bond donors (Lipinski definition) is 4. The highest BCUT2D eigenvalue weighted by molar-refractivity contribution is 6.34. The van der Waals surface area contributed by atoms with Crippen molar-refractivity contribution in [2.45, 2.75) is 24.9 Å². The Labute approximate surface area is 266 Å². The van der Waals surface area contributed by atoms with Crippen LogP contribution in [0.3, 0.4) is 0 Å². The minimum absolute atomic E-state index is 0.0755. The number of carbonyl (C=O) groups excluding carboxylic acids is 2.